The summed E-state index contributed by atoms with van der Waals surface area (Å²) in [5.74, 6) is -1.44. The van der Waals surface area contributed by atoms with Gasteiger partial charge in [-0.1, -0.05) is 0 Å². The normalized spacial score (nSPS) is 12.4. The van der Waals surface area contributed by atoms with Crippen molar-refractivity contribution < 1.29 is 13.9 Å². The second-order valence-corrected chi connectivity index (χ2v) is 3.80. The molecule has 1 aromatic heterocycles. The molecule has 0 saturated carbocycles. The lowest BCUT2D eigenvalue weighted by Crippen LogP contribution is -2.33. The molecule has 0 spiro atoms. The number of rotatable bonds is 5. The van der Waals surface area contributed by atoms with Gasteiger partial charge in [-0.2, -0.15) is 0 Å². The molecule has 0 aliphatic rings. The predicted molar refractivity (Wildman–Crippen MR) is 63.3 cm³/mol. The Bertz CT molecular complexity index is 387. The predicted octanol–water partition coefficient (Wildman–Crippen LogP) is 1.61. The van der Waals surface area contributed by atoms with Crippen LogP contribution in [0.2, 0.25) is 0 Å². The van der Waals surface area contributed by atoms with Gasteiger partial charge in [0.25, 0.3) is 0 Å². The Morgan fingerprint density at radius 2 is 2.12 bits per heavy atom. The summed E-state index contributed by atoms with van der Waals surface area (Å²) in [6.45, 7) is 3.88. The monoisotopic (exact) mass is 245 g/mol. The second-order valence-electron chi connectivity index (χ2n) is 3.80. The van der Waals surface area contributed by atoms with Crippen molar-refractivity contribution in [3.8, 4) is 0 Å². The van der Waals surface area contributed by atoms with E-state index in [9.17, 15) is 8.78 Å². The average molecular weight is 245 g/mol. The lowest BCUT2D eigenvalue weighted by molar-refractivity contribution is 0.269. The van der Waals surface area contributed by atoms with Crippen molar-refractivity contribution in [2.45, 2.75) is 19.9 Å². The molecule has 0 amide bonds. The fourth-order valence-corrected chi connectivity index (χ4v) is 1.33. The highest BCUT2D eigenvalue weighted by Gasteiger charge is 2.18. The van der Waals surface area contributed by atoms with Crippen molar-refractivity contribution in [1.29, 1.82) is 0 Å². The molecule has 0 aromatic carbocycles. The van der Waals surface area contributed by atoms with E-state index >= 15 is 0 Å². The quantitative estimate of drug-likeness (QED) is 0.827. The molecule has 0 aliphatic carbocycles. The fourth-order valence-electron chi connectivity index (χ4n) is 1.33. The van der Waals surface area contributed by atoms with E-state index in [4.69, 9.17) is 5.11 Å². The summed E-state index contributed by atoms with van der Waals surface area (Å²) in [5.41, 5.74) is 0. The Labute approximate surface area is 99.3 Å². The third-order valence-corrected chi connectivity index (χ3v) is 2.51. The third-order valence-electron chi connectivity index (χ3n) is 2.51. The summed E-state index contributed by atoms with van der Waals surface area (Å²) in [7, 11) is 1.60. The van der Waals surface area contributed by atoms with Gasteiger partial charge in [0.05, 0.1) is 12.6 Å². The molecule has 0 saturated heterocycles. The average Bonchev–Trinajstić information content (AvgIpc) is 2.31. The van der Waals surface area contributed by atoms with E-state index < -0.39 is 11.6 Å². The minimum absolute atomic E-state index is 0.0147. The number of halogens is 2. The van der Waals surface area contributed by atoms with Crippen LogP contribution >= 0.6 is 0 Å². The van der Waals surface area contributed by atoms with E-state index in [2.05, 4.69) is 10.3 Å². The van der Waals surface area contributed by atoms with Gasteiger partial charge in [0, 0.05) is 19.7 Å². The number of hydrogen-bond donors (Lipinski definition) is 2. The van der Waals surface area contributed by atoms with E-state index in [1.807, 2.05) is 0 Å². The fraction of sp³-hybridized carbons (Fsp3) is 0.545. The van der Waals surface area contributed by atoms with Crippen LogP contribution in [0.5, 0.6) is 0 Å². The molecule has 6 heteroatoms. The first-order chi connectivity index (χ1) is 8.01. The molecule has 1 aromatic rings. The highest BCUT2D eigenvalue weighted by atomic mass is 19.1. The topological polar surface area (TPSA) is 48.4 Å². The molecule has 1 heterocycles. The van der Waals surface area contributed by atoms with E-state index in [0.717, 1.165) is 6.07 Å². The lowest BCUT2D eigenvalue weighted by atomic mass is 10.3. The number of anilines is 2. The first-order valence-electron chi connectivity index (χ1n) is 5.44. The van der Waals surface area contributed by atoms with Crippen molar-refractivity contribution in [2.75, 3.05) is 30.4 Å². The highest BCUT2D eigenvalue weighted by Crippen LogP contribution is 2.22. The molecular weight excluding hydrogens is 228 g/mol. The summed E-state index contributed by atoms with van der Waals surface area (Å²) in [6.07, 6.45) is 0. The molecular formula is C11H17F2N3O. The molecule has 1 atom stereocenters. The molecule has 2 N–H and O–H groups in total. The van der Waals surface area contributed by atoms with Crippen LogP contribution in [-0.2, 0) is 0 Å². The molecule has 0 aliphatic heterocycles. The van der Waals surface area contributed by atoms with Crippen molar-refractivity contribution >= 4 is 11.6 Å². The van der Waals surface area contributed by atoms with Crippen LogP contribution in [0.1, 0.15) is 13.8 Å². The van der Waals surface area contributed by atoms with Crippen molar-refractivity contribution in [1.82, 2.24) is 4.98 Å². The second kappa shape index (κ2) is 5.77. The molecule has 1 unspecified atom stereocenters. The number of pyridine rings is 1. The zero-order valence-electron chi connectivity index (χ0n) is 10.2. The van der Waals surface area contributed by atoms with Gasteiger partial charge in [-0.15, -0.1) is 0 Å². The van der Waals surface area contributed by atoms with Crippen LogP contribution in [0.15, 0.2) is 6.07 Å². The van der Waals surface area contributed by atoms with Gasteiger partial charge in [-0.25, -0.2) is 13.8 Å². The number of likely N-dealkylation sites (N-methyl/N-ethyl adjacent to an activating group) is 1. The van der Waals surface area contributed by atoms with Crippen LogP contribution in [0, 0.1) is 11.6 Å². The number of nitrogens with zero attached hydrogens (tertiary/aromatic N) is 2. The number of aromatic nitrogens is 1. The lowest BCUT2D eigenvalue weighted by Gasteiger charge is -2.25. The molecule has 4 nitrogen and oxygen atoms in total. The van der Waals surface area contributed by atoms with Crippen LogP contribution < -0.4 is 10.2 Å². The summed E-state index contributed by atoms with van der Waals surface area (Å²) in [6, 6.07) is 0.498. The van der Waals surface area contributed by atoms with Crippen LogP contribution in [0.25, 0.3) is 0 Å². The van der Waals surface area contributed by atoms with Crippen molar-refractivity contribution in [3.63, 3.8) is 0 Å². The molecule has 0 bridgehead atoms. The molecule has 17 heavy (non-hydrogen) atoms. The van der Waals surface area contributed by atoms with E-state index in [-0.39, 0.29) is 24.3 Å². The van der Waals surface area contributed by atoms with Gasteiger partial charge in [-0.05, 0) is 13.8 Å². The van der Waals surface area contributed by atoms with E-state index in [1.165, 1.54) is 4.90 Å². The maximum atomic E-state index is 13.6. The molecule has 96 valence electrons. The van der Waals surface area contributed by atoms with Gasteiger partial charge in [0.1, 0.15) is 0 Å². The molecule has 1 rings (SSSR count). The smallest absolute Gasteiger partial charge is 0.168 e. The minimum atomic E-state index is -0.744. The van der Waals surface area contributed by atoms with Crippen molar-refractivity contribution in [3.05, 3.63) is 17.7 Å². The Morgan fingerprint density at radius 3 is 2.65 bits per heavy atom. The first kappa shape index (κ1) is 13.6. The standard InChI is InChI=1S/C11H17F2N3O/c1-4-14-10-8(12)5-9(13)11(15-10)16(3)7(2)6-17/h5,7,17H,4,6H2,1-3H3,(H,14,15). The van der Waals surface area contributed by atoms with Gasteiger partial charge in [0.2, 0.25) is 0 Å². The Balaban J connectivity index is 3.10. The third kappa shape index (κ3) is 3.03. The largest absolute Gasteiger partial charge is 0.394 e. The van der Waals surface area contributed by atoms with E-state index in [1.54, 1.807) is 20.9 Å². The summed E-state index contributed by atoms with van der Waals surface area (Å²) in [5, 5.41) is 11.7. The number of aliphatic hydroxyl groups excluding tert-OH is 1. The van der Waals surface area contributed by atoms with E-state index in [0.29, 0.717) is 6.54 Å². The number of hydrogen-bond acceptors (Lipinski definition) is 4. The molecule has 0 fully saturated rings. The highest BCUT2D eigenvalue weighted by molar-refractivity contribution is 5.49. The van der Waals surface area contributed by atoms with Gasteiger partial charge in [0.15, 0.2) is 23.3 Å². The Hall–Kier alpha value is -1.43. The zero-order chi connectivity index (χ0) is 13.0. The maximum Gasteiger partial charge on any atom is 0.168 e. The summed E-state index contributed by atoms with van der Waals surface area (Å²) < 4.78 is 26.9. The van der Waals surface area contributed by atoms with Crippen LogP contribution in [0.3, 0.4) is 0 Å². The van der Waals surface area contributed by atoms with Crippen LogP contribution in [0.4, 0.5) is 20.4 Å². The number of aliphatic hydroxyl groups is 1. The van der Waals surface area contributed by atoms with Gasteiger partial charge >= 0.3 is 0 Å². The summed E-state index contributed by atoms with van der Waals surface area (Å²) >= 11 is 0. The van der Waals surface area contributed by atoms with Gasteiger partial charge < -0.3 is 15.3 Å². The van der Waals surface area contributed by atoms with Crippen molar-refractivity contribution in [2.24, 2.45) is 0 Å². The Morgan fingerprint density at radius 1 is 1.47 bits per heavy atom. The SMILES string of the molecule is CCNc1nc(N(C)C(C)CO)c(F)cc1F. The minimum Gasteiger partial charge on any atom is -0.394 e. The van der Waals surface area contributed by atoms with Crippen LogP contribution in [-0.4, -0.2) is 36.3 Å². The molecule has 0 radical (unpaired) electrons. The van der Waals surface area contributed by atoms with Gasteiger partial charge in [-0.3, -0.25) is 0 Å². The first-order valence-corrected chi connectivity index (χ1v) is 5.44. The maximum absolute atomic E-state index is 13.6. The summed E-state index contributed by atoms with van der Waals surface area (Å²) in [4.78, 5) is 5.35. The number of nitrogens with one attached hydrogen (secondary N) is 1. The zero-order valence-corrected chi connectivity index (χ0v) is 10.2. The Kier molecular flexibility index (Phi) is 4.62.